The first-order valence-corrected chi connectivity index (χ1v) is 7.24. The molecule has 0 aliphatic carbocycles. The molecule has 0 saturated carbocycles. The Hall–Kier alpha value is -1.34. The smallest absolute Gasteiger partial charge is 0.230 e. The van der Waals surface area contributed by atoms with E-state index in [1.165, 1.54) is 11.8 Å². The van der Waals surface area contributed by atoms with Crippen LogP contribution >= 0.6 is 27.7 Å². The number of hydrogen-bond acceptors (Lipinski definition) is 6. The maximum absolute atomic E-state index is 4.41. The van der Waals surface area contributed by atoms with Crippen LogP contribution in [0.5, 0.6) is 0 Å². The molecule has 1 aromatic heterocycles. The van der Waals surface area contributed by atoms with Crippen molar-refractivity contribution in [2.75, 3.05) is 31.4 Å². The molecule has 0 spiro atoms. The van der Waals surface area contributed by atoms with Gasteiger partial charge in [-0.25, -0.2) is 0 Å². The molecule has 0 radical (unpaired) electrons. The van der Waals surface area contributed by atoms with E-state index in [0.717, 1.165) is 9.37 Å². The fourth-order valence-electron chi connectivity index (χ4n) is 1.31. The van der Waals surface area contributed by atoms with E-state index in [-0.39, 0.29) is 0 Å². The van der Waals surface area contributed by atoms with Crippen molar-refractivity contribution in [1.82, 2.24) is 15.0 Å². The zero-order valence-corrected chi connectivity index (χ0v) is 13.3. The highest BCUT2D eigenvalue weighted by molar-refractivity contribution is 9.10. The van der Waals surface area contributed by atoms with Gasteiger partial charge in [-0.05, 0) is 36.0 Å². The van der Waals surface area contributed by atoms with Crippen LogP contribution in [0.25, 0.3) is 0 Å². The summed E-state index contributed by atoms with van der Waals surface area (Å²) in [7, 11) is 5.61. The predicted molar refractivity (Wildman–Crippen MR) is 82.0 cm³/mol. The fraction of sp³-hybridized carbons (Fsp3) is 0.250. The molecular weight excluding hydrogens is 326 g/mol. The van der Waals surface area contributed by atoms with Gasteiger partial charge in [0.1, 0.15) is 0 Å². The first-order chi connectivity index (χ1) is 9.08. The number of rotatable bonds is 4. The number of hydrogen-bond donors (Lipinski definition) is 1. The van der Waals surface area contributed by atoms with Crippen molar-refractivity contribution in [2.24, 2.45) is 0 Å². The summed E-state index contributed by atoms with van der Waals surface area (Å²) in [6, 6.07) is 8.03. The highest BCUT2D eigenvalue weighted by Gasteiger charge is 2.08. The van der Waals surface area contributed by atoms with Gasteiger partial charge in [-0.3, -0.25) is 0 Å². The van der Waals surface area contributed by atoms with Gasteiger partial charge in [0.15, 0.2) is 5.16 Å². The SMILES string of the molecule is CNc1nc(Sc2ccc(Br)cc2)nc(N(C)C)n1. The van der Waals surface area contributed by atoms with Gasteiger partial charge in [-0.1, -0.05) is 15.9 Å². The third-order valence-corrected chi connectivity index (χ3v) is 3.65. The summed E-state index contributed by atoms with van der Waals surface area (Å²) in [6.07, 6.45) is 0. The molecule has 100 valence electrons. The molecular formula is C12H14BrN5S. The zero-order valence-electron chi connectivity index (χ0n) is 10.9. The van der Waals surface area contributed by atoms with E-state index < -0.39 is 0 Å². The highest BCUT2D eigenvalue weighted by Crippen LogP contribution is 2.27. The lowest BCUT2D eigenvalue weighted by Crippen LogP contribution is -2.15. The Bertz CT molecular complexity index is 559. The van der Waals surface area contributed by atoms with E-state index in [1.807, 2.05) is 43.3 Å². The van der Waals surface area contributed by atoms with Gasteiger partial charge in [0, 0.05) is 30.5 Å². The molecule has 0 bridgehead atoms. The summed E-state index contributed by atoms with van der Waals surface area (Å²) in [6.45, 7) is 0. The summed E-state index contributed by atoms with van der Waals surface area (Å²) in [5.74, 6) is 1.21. The highest BCUT2D eigenvalue weighted by atomic mass is 79.9. The molecule has 2 rings (SSSR count). The van der Waals surface area contributed by atoms with Crippen molar-refractivity contribution in [1.29, 1.82) is 0 Å². The van der Waals surface area contributed by atoms with Crippen molar-refractivity contribution in [2.45, 2.75) is 10.1 Å². The summed E-state index contributed by atoms with van der Waals surface area (Å²) >= 11 is 4.92. The Morgan fingerprint density at radius 2 is 1.79 bits per heavy atom. The molecule has 0 aliphatic heterocycles. The van der Waals surface area contributed by atoms with Crippen LogP contribution in [-0.2, 0) is 0 Å². The molecule has 1 aromatic carbocycles. The zero-order chi connectivity index (χ0) is 13.8. The van der Waals surface area contributed by atoms with Crippen LogP contribution in [-0.4, -0.2) is 36.1 Å². The van der Waals surface area contributed by atoms with Gasteiger partial charge in [0.2, 0.25) is 11.9 Å². The molecule has 1 heterocycles. The molecule has 0 unspecified atom stereocenters. The molecule has 0 amide bonds. The van der Waals surface area contributed by atoms with Crippen molar-refractivity contribution in [3.63, 3.8) is 0 Å². The Labute approximate surface area is 125 Å². The molecule has 1 N–H and O–H groups in total. The minimum Gasteiger partial charge on any atom is -0.357 e. The Balaban J connectivity index is 2.28. The average molecular weight is 340 g/mol. The molecule has 0 saturated heterocycles. The lowest BCUT2D eigenvalue weighted by molar-refractivity contribution is 0.870. The second-order valence-corrected chi connectivity index (χ2v) is 5.90. The Morgan fingerprint density at radius 1 is 1.11 bits per heavy atom. The van der Waals surface area contributed by atoms with Gasteiger partial charge in [0.25, 0.3) is 0 Å². The normalized spacial score (nSPS) is 10.3. The third-order valence-electron chi connectivity index (χ3n) is 2.25. The van der Waals surface area contributed by atoms with E-state index in [0.29, 0.717) is 17.1 Å². The minimum atomic E-state index is 0.568. The van der Waals surface area contributed by atoms with E-state index >= 15 is 0 Å². The largest absolute Gasteiger partial charge is 0.357 e. The second kappa shape index (κ2) is 6.21. The molecule has 0 aliphatic rings. The quantitative estimate of drug-likeness (QED) is 0.924. The van der Waals surface area contributed by atoms with Gasteiger partial charge >= 0.3 is 0 Å². The van der Waals surface area contributed by atoms with Gasteiger partial charge in [-0.15, -0.1) is 0 Å². The predicted octanol–water partition coefficient (Wildman–Crippen LogP) is 2.89. The lowest BCUT2D eigenvalue weighted by Gasteiger charge is -2.12. The van der Waals surface area contributed by atoms with Crippen molar-refractivity contribution in [3.05, 3.63) is 28.7 Å². The number of anilines is 2. The van der Waals surface area contributed by atoms with Crippen molar-refractivity contribution >= 4 is 39.6 Å². The van der Waals surface area contributed by atoms with E-state index in [9.17, 15) is 0 Å². The first-order valence-electron chi connectivity index (χ1n) is 5.63. The molecule has 19 heavy (non-hydrogen) atoms. The Kier molecular flexibility index (Phi) is 4.60. The van der Waals surface area contributed by atoms with Crippen LogP contribution in [0.4, 0.5) is 11.9 Å². The van der Waals surface area contributed by atoms with Crippen LogP contribution in [0, 0.1) is 0 Å². The standard InChI is InChI=1S/C12H14BrN5S/c1-14-10-15-11(18(2)3)17-12(16-10)19-9-6-4-8(13)5-7-9/h4-7H,1-3H3,(H,14,15,16,17). The number of benzene rings is 1. The fourth-order valence-corrected chi connectivity index (χ4v) is 2.32. The van der Waals surface area contributed by atoms with Crippen LogP contribution in [0.2, 0.25) is 0 Å². The van der Waals surface area contributed by atoms with Crippen molar-refractivity contribution < 1.29 is 0 Å². The topological polar surface area (TPSA) is 53.9 Å². The van der Waals surface area contributed by atoms with E-state index in [4.69, 9.17) is 0 Å². The molecule has 0 fully saturated rings. The van der Waals surface area contributed by atoms with E-state index in [2.05, 4.69) is 36.2 Å². The average Bonchev–Trinajstić information content (AvgIpc) is 2.41. The van der Waals surface area contributed by atoms with Crippen LogP contribution in [0.1, 0.15) is 0 Å². The van der Waals surface area contributed by atoms with E-state index in [1.54, 1.807) is 7.05 Å². The van der Waals surface area contributed by atoms with Crippen LogP contribution in [0.3, 0.4) is 0 Å². The maximum atomic E-state index is 4.41. The molecule has 0 atom stereocenters. The van der Waals surface area contributed by atoms with Gasteiger partial charge in [-0.2, -0.15) is 15.0 Å². The summed E-state index contributed by atoms with van der Waals surface area (Å²) in [5, 5.41) is 3.62. The van der Waals surface area contributed by atoms with Crippen LogP contribution < -0.4 is 10.2 Å². The summed E-state index contributed by atoms with van der Waals surface area (Å²) < 4.78 is 1.05. The summed E-state index contributed by atoms with van der Waals surface area (Å²) in [5.41, 5.74) is 0. The molecule has 5 nitrogen and oxygen atoms in total. The molecule has 2 aromatic rings. The number of nitrogens with zero attached hydrogens (tertiary/aromatic N) is 4. The maximum Gasteiger partial charge on any atom is 0.230 e. The van der Waals surface area contributed by atoms with Crippen LogP contribution in [0.15, 0.2) is 38.8 Å². The lowest BCUT2D eigenvalue weighted by atomic mass is 10.4. The monoisotopic (exact) mass is 339 g/mol. The van der Waals surface area contributed by atoms with Gasteiger partial charge < -0.3 is 10.2 Å². The Morgan fingerprint density at radius 3 is 2.37 bits per heavy atom. The number of nitrogens with one attached hydrogen (secondary N) is 1. The minimum absolute atomic E-state index is 0.568. The van der Waals surface area contributed by atoms with Gasteiger partial charge in [0.05, 0.1) is 0 Å². The number of halogens is 1. The summed E-state index contributed by atoms with van der Waals surface area (Å²) in [4.78, 5) is 16.0. The number of aromatic nitrogens is 3. The molecule has 7 heteroatoms. The second-order valence-electron chi connectivity index (χ2n) is 3.94. The van der Waals surface area contributed by atoms with Crippen molar-refractivity contribution in [3.8, 4) is 0 Å². The first kappa shape index (κ1) is 14.1. The third kappa shape index (κ3) is 3.81.